The van der Waals surface area contributed by atoms with Crippen molar-refractivity contribution in [2.45, 2.75) is 102 Å². The summed E-state index contributed by atoms with van der Waals surface area (Å²) in [5.74, 6) is -5.33. The van der Waals surface area contributed by atoms with Gasteiger partial charge in [0.1, 0.15) is 12.1 Å². The molecule has 3 aliphatic rings. The van der Waals surface area contributed by atoms with E-state index < -0.39 is 66.3 Å². The Morgan fingerprint density at radius 2 is 1.63 bits per heavy atom. The minimum absolute atomic E-state index is 0.107. The van der Waals surface area contributed by atoms with Crippen LogP contribution >= 0.6 is 0 Å². The molecule has 52 heavy (non-hydrogen) atoms. The molecular weight excluding hydrogens is 670 g/mol. The smallest absolute Gasteiger partial charge is 0.407 e. The number of aliphatic carboxylic acids is 1. The van der Waals surface area contributed by atoms with Crippen LogP contribution in [0.15, 0.2) is 43.0 Å². The summed E-state index contributed by atoms with van der Waals surface area (Å²) in [6, 6.07) is 3.61. The van der Waals surface area contributed by atoms with Crippen LogP contribution in [0.3, 0.4) is 0 Å². The first-order valence-corrected chi connectivity index (χ1v) is 18.4. The van der Waals surface area contributed by atoms with Crippen molar-refractivity contribution >= 4 is 41.5 Å². The van der Waals surface area contributed by atoms with Gasteiger partial charge in [0, 0.05) is 6.54 Å². The lowest BCUT2D eigenvalue weighted by Gasteiger charge is -2.35. The molecule has 5 N–H and O–H groups in total. The van der Waals surface area contributed by atoms with E-state index in [9.17, 15) is 38.7 Å². The number of Topliss-reactive ketones (excluding diaryl/α,β-unsaturated/α-hetero) is 1. The maximum Gasteiger partial charge on any atom is 0.407 e. The number of amides is 5. The summed E-state index contributed by atoms with van der Waals surface area (Å²) in [7, 11) is 0. The number of carbonyl (C=O) groups excluding carboxylic acids is 6. The molecule has 2 saturated carbocycles. The number of rotatable bonds is 18. The van der Waals surface area contributed by atoms with E-state index in [4.69, 9.17) is 4.74 Å². The number of hydrogen-bond acceptors (Lipinski definition) is 8. The van der Waals surface area contributed by atoms with Gasteiger partial charge in [-0.2, -0.15) is 0 Å². The molecule has 1 heterocycles. The van der Waals surface area contributed by atoms with Gasteiger partial charge >= 0.3 is 12.1 Å². The number of ketones is 1. The Hall–Kier alpha value is -4.75. The van der Waals surface area contributed by atoms with Crippen molar-refractivity contribution in [1.29, 1.82) is 0 Å². The van der Waals surface area contributed by atoms with Crippen molar-refractivity contribution in [1.82, 2.24) is 26.2 Å². The zero-order valence-corrected chi connectivity index (χ0v) is 30.1. The third-order valence-corrected chi connectivity index (χ3v) is 9.97. The van der Waals surface area contributed by atoms with Crippen LogP contribution in [0.5, 0.6) is 0 Å². The van der Waals surface area contributed by atoms with Gasteiger partial charge in [-0.3, -0.25) is 24.0 Å². The van der Waals surface area contributed by atoms with Gasteiger partial charge in [-0.05, 0) is 61.3 Å². The highest BCUT2D eigenvalue weighted by molar-refractivity contribution is 6.38. The van der Waals surface area contributed by atoms with Crippen LogP contribution in [0.1, 0.15) is 89.7 Å². The van der Waals surface area contributed by atoms with Crippen LogP contribution in [-0.4, -0.2) is 89.3 Å². The summed E-state index contributed by atoms with van der Waals surface area (Å²) in [5, 5.41) is 19.8. The van der Waals surface area contributed by atoms with Crippen molar-refractivity contribution in [3.8, 4) is 0 Å². The highest BCUT2D eigenvalue weighted by Crippen LogP contribution is 2.35. The number of benzene rings is 1. The maximum atomic E-state index is 14.3. The first kappa shape index (κ1) is 40.0. The van der Waals surface area contributed by atoms with E-state index in [1.807, 2.05) is 13.8 Å². The topological polar surface area (TPSA) is 200 Å². The van der Waals surface area contributed by atoms with Crippen molar-refractivity contribution in [3.63, 3.8) is 0 Å². The molecule has 0 radical (unpaired) electrons. The molecule has 0 spiro atoms. The fourth-order valence-corrected chi connectivity index (χ4v) is 7.08. The number of nitrogens with one attached hydrogen (secondary N) is 4. The third kappa shape index (κ3) is 11.4. The molecular formula is C38H53N5O9. The largest absolute Gasteiger partial charge is 0.479 e. The van der Waals surface area contributed by atoms with Crippen molar-refractivity contribution in [2.24, 2.45) is 23.7 Å². The van der Waals surface area contributed by atoms with Gasteiger partial charge < -0.3 is 36.0 Å². The Bertz CT molecular complexity index is 1460. The van der Waals surface area contributed by atoms with Gasteiger partial charge in [0.15, 0.2) is 6.04 Å². The molecule has 1 aliphatic heterocycles. The summed E-state index contributed by atoms with van der Waals surface area (Å²) in [4.78, 5) is 93.6. The fourth-order valence-electron chi connectivity index (χ4n) is 7.08. The number of carboxylic acids is 1. The fraction of sp³-hybridized carbons (Fsp3) is 0.605. The second-order valence-corrected chi connectivity index (χ2v) is 14.6. The third-order valence-electron chi connectivity index (χ3n) is 9.97. The SMILES string of the molecule is C=CCC1CCN(C(=O)C(NC(=O)OCC(C)C)C2CCCCC2)C1C(=O)NC(CC1CC1)C(=O)C(=O)NCC(=O)NC(C(=O)O)c1ccccc1. The number of carboxylic acid groups (broad SMARTS) is 1. The molecule has 5 unspecified atom stereocenters. The minimum Gasteiger partial charge on any atom is -0.479 e. The van der Waals surface area contributed by atoms with Crippen LogP contribution in [0.4, 0.5) is 4.79 Å². The Morgan fingerprint density at radius 3 is 2.25 bits per heavy atom. The standard InChI is InChI=1S/C38H53N5O9/c1-4-11-27-18-19-43(36(48)30(25-12-7-5-8-13-25)42-38(51)52-22-23(2)3)32(27)34(46)40-28(20-24-16-17-24)33(45)35(47)39-21-29(44)41-31(37(49)50)26-14-9-6-10-15-26/h4,6,9-10,14-15,23-25,27-28,30-32H,1,5,7-8,11-13,16-22H2,2-3H3,(H,39,47)(H,40,46)(H,41,44)(H,42,51)(H,49,50). The van der Waals surface area contributed by atoms with Gasteiger partial charge in [0.05, 0.1) is 19.2 Å². The van der Waals surface area contributed by atoms with Crippen LogP contribution < -0.4 is 21.3 Å². The van der Waals surface area contributed by atoms with E-state index in [1.165, 1.54) is 4.90 Å². The van der Waals surface area contributed by atoms with E-state index in [1.54, 1.807) is 36.4 Å². The molecule has 0 bridgehead atoms. The summed E-state index contributed by atoms with van der Waals surface area (Å²) >= 11 is 0. The molecule has 0 aromatic heterocycles. The highest BCUT2D eigenvalue weighted by Gasteiger charge is 2.46. The van der Waals surface area contributed by atoms with Crippen LogP contribution in [0.2, 0.25) is 0 Å². The lowest BCUT2D eigenvalue weighted by molar-refractivity contribution is -0.144. The first-order valence-electron chi connectivity index (χ1n) is 18.4. The summed E-state index contributed by atoms with van der Waals surface area (Å²) < 4.78 is 5.36. The number of allylic oxidation sites excluding steroid dienone is 1. The number of likely N-dealkylation sites (tertiary alicyclic amines) is 1. The van der Waals surface area contributed by atoms with Crippen LogP contribution in [-0.2, 0) is 33.5 Å². The Kier molecular flexibility index (Phi) is 14.8. The molecule has 284 valence electrons. The predicted octanol–water partition coefficient (Wildman–Crippen LogP) is 3.02. The second kappa shape index (κ2) is 19.2. The molecule has 5 atom stereocenters. The quantitative estimate of drug-likeness (QED) is 0.112. The van der Waals surface area contributed by atoms with Gasteiger partial charge in [-0.25, -0.2) is 9.59 Å². The summed E-state index contributed by atoms with van der Waals surface area (Å²) in [6.07, 6.45) is 8.15. The number of hydrogen-bond donors (Lipinski definition) is 5. The van der Waals surface area contributed by atoms with E-state index in [2.05, 4.69) is 27.8 Å². The van der Waals surface area contributed by atoms with Crippen molar-refractivity contribution in [2.75, 3.05) is 19.7 Å². The van der Waals surface area contributed by atoms with Gasteiger partial charge in [-0.1, -0.05) is 82.4 Å². The van der Waals surface area contributed by atoms with Gasteiger partial charge in [0.25, 0.3) is 5.91 Å². The monoisotopic (exact) mass is 723 g/mol. The highest BCUT2D eigenvalue weighted by atomic mass is 16.5. The number of nitrogens with zero attached hydrogens (tertiary/aromatic N) is 1. The van der Waals surface area contributed by atoms with Crippen molar-refractivity contribution in [3.05, 3.63) is 48.6 Å². The Labute approximate surface area is 304 Å². The zero-order valence-electron chi connectivity index (χ0n) is 30.1. The lowest BCUT2D eigenvalue weighted by Crippen LogP contribution is -2.59. The average Bonchev–Trinajstić information content (AvgIpc) is 3.86. The molecule has 1 aromatic carbocycles. The van der Waals surface area contributed by atoms with Crippen LogP contribution in [0.25, 0.3) is 0 Å². The van der Waals surface area contributed by atoms with E-state index in [-0.39, 0.29) is 49.2 Å². The maximum absolute atomic E-state index is 14.3. The van der Waals surface area contributed by atoms with E-state index in [0.717, 1.165) is 44.9 Å². The number of alkyl carbamates (subject to hydrolysis) is 1. The normalized spacial score (nSPS) is 20.6. The van der Waals surface area contributed by atoms with E-state index >= 15 is 0 Å². The number of ether oxygens (including phenoxy) is 1. The Balaban J connectivity index is 1.45. The second-order valence-electron chi connectivity index (χ2n) is 14.6. The minimum atomic E-state index is -1.36. The summed E-state index contributed by atoms with van der Waals surface area (Å²) in [5.41, 5.74) is 0.332. The molecule has 1 aromatic rings. The van der Waals surface area contributed by atoms with Gasteiger partial charge in [0.2, 0.25) is 23.5 Å². The first-order chi connectivity index (χ1) is 24.9. The molecule has 2 aliphatic carbocycles. The molecule has 3 fully saturated rings. The summed E-state index contributed by atoms with van der Waals surface area (Å²) in [6.45, 7) is 7.45. The zero-order chi connectivity index (χ0) is 37.8. The Morgan fingerprint density at radius 1 is 0.942 bits per heavy atom. The van der Waals surface area contributed by atoms with Gasteiger partial charge in [-0.15, -0.1) is 6.58 Å². The van der Waals surface area contributed by atoms with Crippen LogP contribution in [0, 0.1) is 23.7 Å². The predicted molar refractivity (Wildman–Crippen MR) is 190 cm³/mol. The van der Waals surface area contributed by atoms with Crippen molar-refractivity contribution < 1.29 is 43.4 Å². The lowest BCUT2D eigenvalue weighted by atomic mass is 9.83. The van der Waals surface area contributed by atoms with E-state index in [0.29, 0.717) is 18.4 Å². The molecule has 14 nitrogen and oxygen atoms in total. The molecule has 1 saturated heterocycles. The average molecular weight is 724 g/mol. The number of carbonyl (C=O) groups is 7. The molecule has 14 heteroatoms. The molecule has 4 rings (SSSR count). The molecule has 5 amide bonds.